The van der Waals surface area contributed by atoms with Gasteiger partial charge in [-0.2, -0.15) is 5.10 Å². The van der Waals surface area contributed by atoms with Crippen LogP contribution < -0.4 is 20.1 Å². The lowest BCUT2D eigenvalue weighted by Crippen LogP contribution is -2.19. The molecule has 11 heteroatoms. The number of amides is 1. The second-order valence-corrected chi connectivity index (χ2v) is 8.94. The Morgan fingerprint density at radius 1 is 1.18 bits per heavy atom. The van der Waals surface area contributed by atoms with Crippen molar-refractivity contribution in [3.8, 4) is 11.5 Å². The van der Waals surface area contributed by atoms with Gasteiger partial charge in [0.1, 0.15) is 18.0 Å². The number of hydrogen-bond donors (Lipinski definition) is 3. The van der Waals surface area contributed by atoms with Crippen molar-refractivity contribution in [3.63, 3.8) is 0 Å². The number of anilines is 3. The molecule has 10 nitrogen and oxygen atoms in total. The first-order valence-electron chi connectivity index (χ1n) is 12.5. The van der Waals surface area contributed by atoms with Gasteiger partial charge in [-0.3, -0.25) is 14.8 Å². The van der Waals surface area contributed by atoms with E-state index in [1.807, 2.05) is 12.1 Å². The maximum atomic E-state index is 13.4. The van der Waals surface area contributed by atoms with E-state index in [0.29, 0.717) is 46.6 Å². The summed E-state index contributed by atoms with van der Waals surface area (Å²) in [5, 5.41) is 13.6. The van der Waals surface area contributed by atoms with Crippen LogP contribution in [0, 0.1) is 12.4 Å². The Labute approximate surface area is 219 Å². The summed E-state index contributed by atoms with van der Waals surface area (Å²) in [6.45, 7) is 4.92. The van der Waals surface area contributed by atoms with Gasteiger partial charge in [-0.1, -0.05) is 6.07 Å². The van der Waals surface area contributed by atoms with Crippen molar-refractivity contribution in [1.29, 1.82) is 0 Å². The lowest BCUT2D eigenvalue weighted by atomic mass is 10.2. The fourth-order valence-corrected chi connectivity index (χ4v) is 4.33. The van der Waals surface area contributed by atoms with E-state index < -0.39 is 5.82 Å². The standard InChI is InChI=1S/C27H29FN7O3/c1-37-23-15-21-22(16-24(23)38-11-5-10-35-8-2-3-9-35)29-17-30-27(21)32-25-13-20(33-34-25)14-26(36)31-19-7-4-6-18(28)12-19/h4,6-8,12-13,15-17H,2-3,5,9-11,14H2,1H3,(H,31,36)(H2,29,30,32,33,34). The van der Waals surface area contributed by atoms with Gasteiger partial charge in [-0.05, 0) is 50.1 Å². The van der Waals surface area contributed by atoms with Crippen molar-refractivity contribution >= 4 is 34.1 Å². The normalized spacial score (nSPS) is 13.5. The summed E-state index contributed by atoms with van der Waals surface area (Å²) in [6.07, 6.45) is 4.79. The molecule has 2 aromatic carbocycles. The van der Waals surface area contributed by atoms with Crippen molar-refractivity contribution in [3.05, 3.63) is 66.8 Å². The molecule has 1 aliphatic rings. The average molecular weight is 519 g/mol. The second-order valence-electron chi connectivity index (χ2n) is 8.94. The first-order chi connectivity index (χ1) is 18.6. The molecule has 3 heterocycles. The molecular weight excluding hydrogens is 489 g/mol. The van der Waals surface area contributed by atoms with E-state index in [9.17, 15) is 9.18 Å². The van der Waals surface area contributed by atoms with Gasteiger partial charge in [0, 0.05) is 42.0 Å². The zero-order valence-electron chi connectivity index (χ0n) is 21.0. The van der Waals surface area contributed by atoms with Gasteiger partial charge in [0.15, 0.2) is 17.3 Å². The fourth-order valence-electron chi connectivity index (χ4n) is 4.33. The first-order valence-corrected chi connectivity index (χ1v) is 12.5. The van der Waals surface area contributed by atoms with E-state index in [0.717, 1.165) is 31.3 Å². The van der Waals surface area contributed by atoms with E-state index >= 15 is 0 Å². The quantitative estimate of drug-likeness (QED) is 0.249. The highest BCUT2D eigenvalue weighted by Crippen LogP contribution is 2.34. The van der Waals surface area contributed by atoms with E-state index in [2.05, 4.69) is 42.2 Å². The summed E-state index contributed by atoms with van der Waals surface area (Å²) in [4.78, 5) is 23.4. The van der Waals surface area contributed by atoms with Crippen LogP contribution in [-0.2, 0) is 11.2 Å². The number of halogens is 1. The lowest BCUT2D eigenvalue weighted by Gasteiger charge is -2.16. The number of benzene rings is 2. The molecule has 0 aliphatic carbocycles. The molecule has 0 saturated carbocycles. The van der Waals surface area contributed by atoms with Crippen LogP contribution in [0.2, 0.25) is 0 Å². The number of aromatic amines is 1. The van der Waals surface area contributed by atoms with E-state index in [1.165, 1.54) is 30.9 Å². The average Bonchev–Trinajstić information content (AvgIpc) is 3.58. The first kappa shape index (κ1) is 25.4. The summed E-state index contributed by atoms with van der Waals surface area (Å²) in [6, 6.07) is 11.1. The molecule has 0 atom stereocenters. The molecule has 5 rings (SSSR count). The number of carbonyl (C=O) groups excluding carboxylic acids is 1. The van der Waals surface area contributed by atoms with Crippen LogP contribution in [0.25, 0.3) is 10.9 Å². The van der Waals surface area contributed by atoms with Crippen LogP contribution in [0.3, 0.4) is 0 Å². The molecule has 4 aromatic rings. The van der Waals surface area contributed by atoms with Crippen LogP contribution in [0.15, 0.2) is 48.8 Å². The number of likely N-dealkylation sites (tertiary alicyclic amines) is 1. The van der Waals surface area contributed by atoms with Crippen LogP contribution in [0.1, 0.15) is 25.0 Å². The molecule has 0 spiro atoms. The zero-order chi connectivity index (χ0) is 26.3. The Kier molecular flexibility index (Phi) is 7.93. The third-order valence-electron chi connectivity index (χ3n) is 6.14. The Bertz CT molecular complexity index is 1400. The van der Waals surface area contributed by atoms with E-state index in [4.69, 9.17) is 9.47 Å². The molecule has 1 amide bonds. The second kappa shape index (κ2) is 11.9. The number of carbonyl (C=O) groups is 1. The molecule has 0 bridgehead atoms. The number of rotatable bonds is 11. The number of methoxy groups -OCH3 is 1. The van der Waals surface area contributed by atoms with Crippen LogP contribution >= 0.6 is 0 Å². The number of nitrogens with one attached hydrogen (secondary N) is 3. The monoisotopic (exact) mass is 518 g/mol. The summed E-state index contributed by atoms with van der Waals surface area (Å²) in [5.74, 6) is 1.51. The smallest absolute Gasteiger partial charge is 0.230 e. The minimum absolute atomic E-state index is 0.0417. The van der Waals surface area contributed by atoms with Gasteiger partial charge >= 0.3 is 0 Å². The maximum absolute atomic E-state index is 13.4. The van der Waals surface area contributed by atoms with Crippen LogP contribution in [0.4, 0.5) is 21.7 Å². The van der Waals surface area contributed by atoms with Crippen molar-refractivity contribution in [2.75, 3.05) is 37.4 Å². The third kappa shape index (κ3) is 6.35. The van der Waals surface area contributed by atoms with Gasteiger partial charge < -0.3 is 20.1 Å². The minimum atomic E-state index is -0.417. The fraction of sp³-hybridized carbons (Fsp3) is 0.296. The van der Waals surface area contributed by atoms with Gasteiger partial charge in [-0.15, -0.1) is 0 Å². The summed E-state index contributed by atoms with van der Waals surface area (Å²) < 4.78 is 25.0. The van der Waals surface area contributed by atoms with Crippen molar-refractivity contribution < 1.29 is 18.7 Å². The highest BCUT2D eigenvalue weighted by molar-refractivity contribution is 5.93. The number of H-pyrrole nitrogens is 1. The topological polar surface area (TPSA) is 117 Å². The molecule has 3 N–H and O–H groups in total. The molecule has 1 fully saturated rings. The van der Waals surface area contributed by atoms with Gasteiger partial charge in [0.25, 0.3) is 0 Å². The van der Waals surface area contributed by atoms with Gasteiger partial charge in [-0.25, -0.2) is 14.4 Å². The van der Waals surface area contributed by atoms with Crippen molar-refractivity contribution in [2.24, 2.45) is 0 Å². The molecule has 1 aliphatic heterocycles. The largest absolute Gasteiger partial charge is 0.493 e. The maximum Gasteiger partial charge on any atom is 0.230 e. The summed E-state index contributed by atoms with van der Waals surface area (Å²) in [5.41, 5.74) is 1.67. The molecule has 197 valence electrons. The summed E-state index contributed by atoms with van der Waals surface area (Å²) in [7, 11) is 1.60. The van der Waals surface area contributed by atoms with Crippen LogP contribution in [-0.4, -0.2) is 57.8 Å². The van der Waals surface area contributed by atoms with Crippen molar-refractivity contribution in [2.45, 2.75) is 25.7 Å². The Morgan fingerprint density at radius 3 is 2.92 bits per heavy atom. The molecule has 38 heavy (non-hydrogen) atoms. The highest BCUT2D eigenvalue weighted by Gasteiger charge is 2.15. The highest BCUT2D eigenvalue weighted by atomic mass is 19.1. The van der Waals surface area contributed by atoms with Gasteiger partial charge in [0.2, 0.25) is 5.91 Å². The number of aromatic nitrogens is 4. The molecular formula is C27H29FN7O3. The number of hydrogen-bond acceptors (Lipinski definition) is 8. The Hall–Kier alpha value is -4.25. The molecule has 0 unspecified atom stereocenters. The van der Waals surface area contributed by atoms with Crippen LogP contribution in [0.5, 0.6) is 11.5 Å². The van der Waals surface area contributed by atoms with E-state index in [-0.39, 0.29) is 12.3 Å². The molecule has 2 aromatic heterocycles. The zero-order valence-corrected chi connectivity index (χ0v) is 21.0. The van der Waals surface area contributed by atoms with Crippen molar-refractivity contribution in [1.82, 2.24) is 25.1 Å². The number of fused-ring (bicyclic) bond motifs is 1. The summed E-state index contributed by atoms with van der Waals surface area (Å²) >= 11 is 0. The predicted octanol–water partition coefficient (Wildman–Crippen LogP) is 4.45. The lowest BCUT2D eigenvalue weighted by molar-refractivity contribution is -0.115. The predicted molar refractivity (Wildman–Crippen MR) is 142 cm³/mol. The number of ether oxygens (including phenoxy) is 2. The molecule has 1 radical (unpaired) electrons. The SMILES string of the molecule is COc1cc2c(Nc3cc(CC(=O)Nc4cccc(F)c4)[nH]n3)ncnc2cc1OCCCN1[CH]CCC1. The van der Waals surface area contributed by atoms with Gasteiger partial charge in [0.05, 0.1) is 25.7 Å². The van der Waals surface area contributed by atoms with E-state index in [1.54, 1.807) is 19.2 Å². The molecule has 1 saturated heterocycles. The third-order valence-corrected chi connectivity index (χ3v) is 6.14. The Morgan fingerprint density at radius 2 is 2.11 bits per heavy atom. The number of nitrogens with zero attached hydrogens (tertiary/aromatic N) is 4. The minimum Gasteiger partial charge on any atom is -0.493 e. The Balaban J connectivity index is 1.23.